The van der Waals surface area contributed by atoms with E-state index >= 15 is 0 Å². The van der Waals surface area contributed by atoms with Crippen LogP contribution in [-0.2, 0) is 13.6 Å². The van der Waals surface area contributed by atoms with E-state index in [0.29, 0.717) is 31.9 Å². The molecule has 1 aliphatic heterocycles. The van der Waals surface area contributed by atoms with E-state index in [1.54, 1.807) is 29.2 Å². The van der Waals surface area contributed by atoms with E-state index in [1.165, 1.54) is 4.68 Å². The van der Waals surface area contributed by atoms with Crippen LogP contribution >= 0.6 is 0 Å². The molecule has 0 spiro atoms. The zero-order valence-corrected chi connectivity index (χ0v) is 18.5. The van der Waals surface area contributed by atoms with Crippen LogP contribution in [0.25, 0.3) is 22.2 Å². The third kappa shape index (κ3) is 4.27. The fourth-order valence-electron chi connectivity index (χ4n) is 4.21. The van der Waals surface area contributed by atoms with Gasteiger partial charge < -0.3 is 4.90 Å². The molecule has 0 aliphatic carbocycles. The largest absolute Gasteiger partial charge is 0.335 e. The van der Waals surface area contributed by atoms with E-state index in [2.05, 4.69) is 20.1 Å². The summed E-state index contributed by atoms with van der Waals surface area (Å²) < 4.78 is 3.25. The average Bonchev–Trinajstić information content (AvgIpc) is 3.20. The molecule has 3 aromatic heterocycles. The minimum atomic E-state index is -0.126. The van der Waals surface area contributed by atoms with Gasteiger partial charge in [-0.1, -0.05) is 18.2 Å². The highest BCUT2D eigenvalue weighted by Crippen LogP contribution is 2.19. The third-order valence-corrected chi connectivity index (χ3v) is 6.07. The van der Waals surface area contributed by atoms with Crippen molar-refractivity contribution in [3.05, 3.63) is 77.0 Å². The average molecular weight is 444 g/mol. The predicted molar refractivity (Wildman–Crippen MR) is 125 cm³/mol. The van der Waals surface area contributed by atoms with Gasteiger partial charge >= 0.3 is 0 Å². The van der Waals surface area contributed by atoms with E-state index in [9.17, 15) is 9.59 Å². The van der Waals surface area contributed by atoms with Crippen molar-refractivity contribution in [2.75, 3.05) is 32.7 Å². The number of para-hydroxylation sites is 1. The number of carbonyl (C=O) groups excluding carboxylic acids is 1. The molecule has 1 aromatic carbocycles. The van der Waals surface area contributed by atoms with Crippen LogP contribution in [0.1, 0.15) is 10.5 Å². The van der Waals surface area contributed by atoms with Crippen LogP contribution in [-0.4, -0.2) is 73.0 Å². The summed E-state index contributed by atoms with van der Waals surface area (Å²) in [5.41, 5.74) is 2.93. The van der Waals surface area contributed by atoms with Crippen molar-refractivity contribution < 1.29 is 4.79 Å². The first kappa shape index (κ1) is 21.0. The first-order chi connectivity index (χ1) is 16.1. The predicted octanol–water partition coefficient (Wildman–Crippen LogP) is 1.65. The van der Waals surface area contributed by atoms with Crippen LogP contribution in [0.5, 0.6) is 0 Å². The van der Waals surface area contributed by atoms with Gasteiger partial charge in [0.1, 0.15) is 0 Å². The molecule has 0 bridgehead atoms. The Hall–Kier alpha value is -3.85. The van der Waals surface area contributed by atoms with Gasteiger partial charge in [-0.25, -0.2) is 4.68 Å². The summed E-state index contributed by atoms with van der Waals surface area (Å²) in [4.78, 5) is 33.6. The zero-order chi connectivity index (χ0) is 22.8. The molecular weight excluding hydrogens is 418 g/mol. The van der Waals surface area contributed by atoms with Crippen LogP contribution in [0.4, 0.5) is 0 Å². The summed E-state index contributed by atoms with van der Waals surface area (Å²) in [7, 11) is 1.86. The molecule has 0 unspecified atom stereocenters. The number of rotatable bonds is 5. The van der Waals surface area contributed by atoms with Crippen LogP contribution in [0.3, 0.4) is 0 Å². The third-order valence-electron chi connectivity index (χ3n) is 6.07. The van der Waals surface area contributed by atoms with Gasteiger partial charge in [0.25, 0.3) is 11.5 Å². The summed E-state index contributed by atoms with van der Waals surface area (Å²) in [6.45, 7) is 3.92. The van der Waals surface area contributed by atoms with Crippen LogP contribution < -0.4 is 5.56 Å². The summed E-state index contributed by atoms with van der Waals surface area (Å²) >= 11 is 0. The van der Waals surface area contributed by atoms with Gasteiger partial charge in [-0.15, -0.1) is 0 Å². The summed E-state index contributed by atoms with van der Waals surface area (Å²) in [5, 5.41) is 9.85. The minimum Gasteiger partial charge on any atom is -0.335 e. The number of pyridine rings is 1. The highest BCUT2D eigenvalue weighted by atomic mass is 16.2. The highest BCUT2D eigenvalue weighted by molar-refractivity contribution is 6.04. The Bertz CT molecular complexity index is 1340. The fraction of sp³-hybridized carbons (Fsp3) is 0.292. The topological polar surface area (TPSA) is 89.2 Å². The number of amides is 1. The summed E-state index contributed by atoms with van der Waals surface area (Å²) in [6, 6.07) is 14.8. The first-order valence-corrected chi connectivity index (χ1v) is 11.0. The number of aromatic nitrogens is 5. The van der Waals surface area contributed by atoms with E-state index in [4.69, 9.17) is 0 Å². The van der Waals surface area contributed by atoms with Crippen molar-refractivity contribution in [1.82, 2.24) is 34.3 Å². The number of benzene rings is 1. The lowest BCUT2D eigenvalue weighted by Crippen LogP contribution is -2.49. The molecule has 33 heavy (non-hydrogen) atoms. The number of nitrogens with zero attached hydrogens (tertiary/aromatic N) is 7. The van der Waals surface area contributed by atoms with Gasteiger partial charge in [0.05, 0.1) is 17.8 Å². The molecule has 1 aliphatic rings. The summed E-state index contributed by atoms with van der Waals surface area (Å²) in [5.74, 6) is -0.0338. The fourth-order valence-corrected chi connectivity index (χ4v) is 4.21. The second-order valence-electron chi connectivity index (χ2n) is 8.14. The van der Waals surface area contributed by atoms with Gasteiger partial charge in [-0.3, -0.25) is 24.2 Å². The first-order valence-electron chi connectivity index (χ1n) is 11.0. The monoisotopic (exact) mass is 443 g/mol. The molecule has 0 saturated carbocycles. The van der Waals surface area contributed by atoms with E-state index in [-0.39, 0.29) is 11.5 Å². The maximum atomic E-state index is 13.1. The molecule has 4 aromatic rings. The minimum absolute atomic E-state index is 0.0338. The van der Waals surface area contributed by atoms with Gasteiger partial charge in [0.15, 0.2) is 5.69 Å². The summed E-state index contributed by atoms with van der Waals surface area (Å²) in [6.07, 6.45) is 3.44. The van der Waals surface area contributed by atoms with Crippen molar-refractivity contribution in [2.24, 2.45) is 7.05 Å². The molecule has 4 heterocycles. The van der Waals surface area contributed by atoms with Crippen molar-refractivity contribution in [2.45, 2.75) is 6.54 Å². The van der Waals surface area contributed by atoms with Crippen molar-refractivity contribution in [3.63, 3.8) is 0 Å². The number of aryl methyl sites for hydroxylation is 1. The van der Waals surface area contributed by atoms with Gasteiger partial charge in [0.2, 0.25) is 0 Å². The molecule has 9 heteroatoms. The molecular formula is C24H25N7O2. The molecule has 0 N–H and O–H groups in total. The highest BCUT2D eigenvalue weighted by Gasteiger charge is 2.25. The van der Waals surface area contributed by atoms with Crippen LogP contribution in [0.15, 0.2) is 65.7 Å². The number of fused-ring (bicyclic) bond motifs is 1. The second-order valence-corrected chi connectivity index (χ2v) is 8.14. The second kappa shape index (κ2) is 8.95. The Labute approximate surface area is 190 Å². The maximum Gasteiger partial charge on any atom is 0.275 e. The van der Waals surface area contributed by atoms with Crippen molar-refractivity contribution in [3.8, 4) is 11.3 Å². The number of hydrogen-bond acceptors (Lipinski definition) is 6. The standard InChI is InChI=1S/C24H25N7O2/c1-28-21-7-3-2-6-19(21)23(27-28)24(33)30-14-11-29(12-15-30)13-16-31-22(32)9-8-20(26-31)18-5-4-10-25-17-18/h2-10,17H,11-16H2,1H3. The number of carbonyl (C=O) groups is 1. The number of hydrogen-bond donors (Lipinski definition) is 0. The lowest BCUT2D eigenvalue weighted by atomic mass is 10.2. The maximum absolute atomic E-state index is 13.1. The zero-order valence-electron chi connectivity index (χ0n) is 18.5. The molecule has 1 amide bonds. The Morgan fingerprint density at radius 1 is 0.939 bits per heavy atom. The molecule has 0 radical (unpaired) electrons. The smallest absolute Gasteiger partial charge is 0.275 e. The quantitative estimate of drug-likeness (QED) is 0.466. The Morgan fingerprint density at radius 2 is 1.76 bits per heavy atom. The Kier molecular flexibility index (Phi) is 5.70. The number of piperazine rings is 1. The van der Waals surface area contributed by atoms with Gasteiger partial charge in [-0.05, 0) is 24.3 Å². The molecule has 5 rings (SSSR count). The molecule has 0 atom stereocenters. The van der Waals surface area contributed by atoms with E-state index < -0.39 is 0 Å². The lowest BCUT2D eigenvalue weighted by molar-refractivity contribution is 0.0627. The normalized spacial score (nSPS) is 14.6. The Balaban J connectivity index is 1.21. The van der Waals surface area contributed by atoms with Crippen LogP contribution in [0.2, 0.25) is 0 Å². The molecule has 1 saturated heterocycles. The van der Waals surface area contributed by atoms with E-state index in [0.717, 1.165) is 35.2 Å². The van der Waals surface area contributed by atoms with Gasteiger partial charge in [-0.2, -0.15) is 10.2 Å². The van der Waals surface area contributed by atoms with E-state index in [1.807, 2.05) is 48.3 Å². The SMILES string of the molecule is Cn1nc(C(=O)N2CCN(CCn3nc(-c4cccnc4)ccc3=O)CC2)c2ccccc21. The molecule has 168 valence electrons. The molecule has 9 nitrogen and oxygen atoms in total. The van der Waals surface area contributed by atoms with Gasteiger partial charge in [0, 0.05) is 69.2 Å². The lowest BCUT2D eigenvalue weighted by Gasteiger charge is -2.34. The van der Waals surface area contributed by atoms with Crippen molar-refractivity contribution >= 4 is 16.8 Å². The molecule has 1 fully saturated rings. The Morgan fingerprint density at radius 3 is 2.55 bits per heavy atom. The van der Waals surface area contributed by atoms with Crippen LogP contribution in [0, 0.1) is 0 Å². The van der Waals surface area contributed by atoms with Crippen molar-refractivity contribution in [1.29, 1.82) is 0 Å².